The molecule has 0 saturated heterocycles. The largest absolute Gasteiger partial charge is 1.00 e. The van der Waals surface area contributed by atoms with Gasteiger partial charge in [-0.15, -0.1) is 5.69 Å². The Kier molecular flexibility index (Phi) is 9.51. The van der Waals surface area contributed by atoms with E-state index in [1.165, 1.54) is 0 Å². The fourth-order valence-corrected chi connectivity index (χ4v) is 2.38. The molecule has 0 N–H and O–H groups in total. The van der Waals surface area contributed by atoms with Crippen LogP contribution in [-0.2, 0) is 9.59 Å². The third-order valence-corrected chi connectivity index (χ3v) is 3.44. The van der Waals surface area contributed by atoms with Crippen LogP contribution in [0.5, 0.6) is 0 Å². The fraction of sp³-hybridized carbons (Fsp3) is 0.0625. The number of hydrogen-bond acceptors (Lipinski definition) is 4. The summed E-state index contributed by atoms with van der Waals surface area (Å²) in [6.07, 6.45) is 0. The average Bonchev–Trinajstić information content (AvgIpc) is 2.64. The summed E-state index contributed by atoms with van der Waals surface area (Å²) in [5, 5.41) is 15.5. The number of aliphatic imine (C=N–C) groups is 1. The van der Waals surface area contributed by atoms with Crippen LogP contribution in [0.1, 0.15) is 11.1 Å². The SMILES string of the molecule is O=C([O-])C1N=C(c2ccccc2)c2cc(Cl)ccc2[N-]C1=O.[K+].[K+]. The van der Waals surface area contributed by atoms with Gasteiger partial charge in [0.25, 0.3) is 0 Å². The van der Waals surface area contributed by atoms with Gasteiger partial charge in [0, 0.05) is 10.6 Å². The van der Waals surface area contributed by atoms with E-state index in [0.29, 0.717) is 27.5 Å². The summed E-state index contributed by atoms with van der Waals surface area (Å²) in [6.45, 7) is 0. The van der Waals surface area contributed by atoms with Crippen LogP contribution in [-0.4, -0.2) is 23.6 Å². The molecule has 1 aliphatic heterocycles. The molecule has 5 nitrogen and oxygen atoms in total. The molecule has 0 aliphatic carbocycles. The van der Waals surface area contributed by atoms with Gasteiger partial charge in [0.2, 0.25) is 0 Å². The molecule has 1 heterocycles. The van der Waals surface area contributed by atoms with Crippen molar-refractivity contribution in [1.82, 2.24) is 0 Å². The summed E-state index contributed by atoms with van der Waals surface area (Å²) in [6, 6.07) is 12.0. The Balaban J connectivity index is 0.00000144. The molecule has 0 bridgehead atoms. The van der Waals surface area contributed by atoms with E-state index in [1.54, 1.807) is 42.5 Å². The first-order chi connectivity index (χ1) is 10.6. The Morgan fingerprint density at radius 2 is 1.79 bits per heavy atom. The van der Waals surface area contributed by atoms with Crippen molar-refractivity contribution in [1.29, 1.82) is 0 Å². The smallest absolute Gasteiger partial charge is 0.624 e. The number of carboxylic acids is 1. The Morgan fingerprint density at radius 1 is 1.12 bits per heavy atom. The number of carbonyl (C=O) groups excluding carboxylic acids is 2. The van der Waals surface area contributed by atoms with E-state index < -0.39 is 17.9 Å². The summed E-state index contributed by atoms with van der Waals surface area (Å²) in [5.41, 5.74) is 1.86. The number of hydrogen-bond donors (Lipinski definition) is 0. The summed E-state index contributed by atoms with van der Waals surface area (Å²) < 4.78 is 0. The van der Waals surface area contributed by atoms with Crippen LogP contribution in [0, 0.1) is 0 Å². The number of aliphatic carboxylic acids is 1. The van der Waals surface area contributed by atoms with Gasteiger partial charge in [-0.1, -0.05) is 48.0 Å². The molecule has 0 saturated carbocycles. The fourth-order valence-electron chi connectivity index (χ4n) is 2.21. The quantitative estimate of drug-likeness (QED) is 0.385. The molecule has 110 valence electrons. The zero-order chi connectivity index (χ0) is 15.7. The van der Waals surface area contributed by atoms with E-state index in [0.717, 1.165) is 0 Å². The molecule has 0 fully saturated rings. The van der Waals surface area contributed by atoms with E-state index in [2.05, 4.69) is 10.3 Å². The third-order valence-electron chi connectivity index (χ3n) is 3.21. The first-order valence-corrected chi connectivity index (χ1v) is 6.83. The summed E-state index contributed by atoms with van der Waals surface area (Å²) >= 11 is 6.01. The maximum atomic E-state index is 12.0. The number of fused-ring (bicyclic) bond motifs is 1. The van der Waals surface area contributed by atoms with E-state index in [-0.39, 0.29) is 103 Å². The van der Waals surface area contributed by atoms with Crippen molar-refractivity contribution in [3.05, 3.63) is 70.0 Å². The van der Waals surface area contributed by atoms with Gasteiger partial charge in [-0.3, -0.25) is 4.99 Å². The van der Waals surface area contributed by atoms with E-state index in [9.17, 15) is 14.7 Å². The van der Waals surface area contributed by atoms with E-state index in [1.807, 2.05) is 6.07 Å². The Hall–Kier alpha value is 0.613. The predicted octanol–water partition coefficient (Wildman–Crippen LogP) is -4.15. The van der Waals surface area contributed by atoms with Gasteiger partial charge >= 0.3 is 103 Å². The minimum absolute atomic E-state index is 0. The molecule has 0 radical (unpaired) electrons. The molecule has 24 heavy (non-hydrogen) atoms. The van der Waals surface area contributed by atoms with E-state index >= 15 is 0 Å². The molecule has 1 atom stereocenters. The van der Waals surface area contributed by atoms with Crippen molar-refractivity contribution in [2.45, 2.75) is 6.04 Å². The van der Waals surface area contributed by atoms with Crippen LogP contribution in [0.2, 0.25) is 5.02 Å². The van der Waals surface area contributed by atoms with Gasteiger partial charge in [0.1, 0.15) is 6.04 Å². The number of nitrogens with zero attached hydrogens (tertiary/aromatic N) is 2. The number of amides is 1. The Bertz CT molecular complexity index is 797. The topological polar surface area (TPSA) is 83.7 Å². The minimum Gasteiger partial charge on any atom is -0.624 e. The molecule has 8 heteroatoms. The summed E-state index contributed by atoms with van der Waals surface area (Å²) in [4.78, 5) is 27.2. The zero-order valence-corrected chi connectivity index (χ0v) is 20.2. The van der Waals surface area contributed by atoms with Crippen molar-refractivity contribution in [3.8, 4) is 0 Å². The average molecular weight is 391 g/mol. The van der Waals surface area contributed by atoms with Gasteiger partial charge in [-0.05, 0) is 17.7 Å². The van der Waals surface area contributed by atoms with Gasteiger partial charge < -0.3 is 20.0 Å². The third kappa shape index (κ3) is 5.08. The molecule has 3 rings (SSSR count). The van der Waals surface area contributed by atoms with Crippen LogP contribution in [0.25, 0.3) is 5.32 Å². The van der Waals surface area contributed by atoms with Crippen molar-refractivity contribution in [3.63, 3.8) is 0 Å². The summed E-state index contributed by atoms with van der Waals surface area (Å²) in [7, 11) is 0. The first-order valence-electron chi connectivity index (χ1n) is 6.46. The molecule has 0 aromatic heterocycles. The van der Waals surface area contributed by atoms with Crippen LogP contribution in [0.15, 0.2) is 53.5 Å². The molecular formula is C16H9ClK2N2O3. The van der Waals surface area contributed by atoms with Gasteiger partial charge in [-0.25, -0.2) is 0 Å². The monoisotopic (exact) mass is 390 g/mol. The number of rotatable bonds is 2. The second kappa shape index (κ2) is 10.1. The second-order valence-corrected chi connectivity index (χ2v) is 5.11. The number of halogens is 1. The van der Waals surface area contributed by atoms with Gasteiger partial charge in [0.15, 0.2) is 0 Å². The van der Waals surface area contributed by atoms with E-state index in [4.69, 9.17) is 11.6 Å². The van der Waals surface area contributed by atoms with Crippen molar-refractivity contribution < 1.29 is 117 Å². The standard InChI is InChI=1S/C16H11ClN2O3.2K/c17-10-6-7-12-11(8-10)13(9-4-2-1-3-5-9)19-14(16(21)22)15(20)18-12;;/h1-8,14H,(H2,18,19,20,21,22);;/q;2*+1/p-2. The van der Waals surface area contributed by atoms with Crippen LogP contribution in [0.4, 0.5) is 5.69 Å². The van der Waals surface area contributed by atoms with Crippen molar-refractivity contribution in [2.24, 2.45) is 4.99 Å². The molecule has 0 spiro atoms. The molecule has 1 amide bonds. The Labute approximate surface area is 229 Å². The predicted molar refractivity (Wildman–Crippen MR) is 80.4 cm³/mol. The number of benzene rings is 2. The maximum absolute atomic E-state index is 12.0. The molecule has 1 unspecified atom stereocenters. The van der Waals surface area contributed by atoms with Gasteiger partial charge in [0.05, 0.1) is 17.6 Å². The maximum Gasteiger partial charge on any atom is 1.00 e. The first kappa shape index (κ1) is 22.7. The van der Waals surface area contributed by atoms with Crippen LogP contribution in [0.3, 0.4) is 0 Å². The van der Waals surface area contributed by atoms with Crippen molar-refractivity contribution in [2.75, 3.05) is 0 Å². The second-order valence-electron chi connectivity index (χ2n) is 4.68. The number of benzodiazepines with no additional fused rings is 1. The Morgan fingerprint density at radius 3 is 2.42 bits per heavy atom. The zero-order valence-electron chi connectivity index (χ0n) is 13.2. The van der Waals surface area contributed by atoms with Crippen LogP contribution < -0.4 is 108 Å². The summed E-state index contributed by atoms with van der Waals surface area (Å²) in [5.74, 6) is -2.45. The molecule has 1 aliphatic rings. The minimum atomic E-state index is -1.67. The molecular weight excluding hydrogens is 382 g/mol. The normalized spacial score (nSPS) is 15.6. The molecule has 2 aromatic carbocycles. The molecule has 2 aromatic rings. The van der Waals surface area contributed by atoms with Gasteiger partial charge in [-0.2, -0.15) is 0 Å². The van der Waals surface area contributed by atoms with Crippen LogP contribution >= 0.6 is 11.6 Å². The number of carbonyl (C=O) groups is 2. The number of carboxylic acid groups (broad SMARTS) is 1. The van der Waals surface area contributed by atoms with Crippen molar-refractivity contribution >= 4 is 34.9 Å².